The minimum absolute atomic E-state index is 0.282. The SMILES string of the molecule is C=C/C=C(/C)C(=O)NN. The molecule has 3 heteroatoms. The number of nitrogens with one attached hydrogen (secondary N) is 1. The summed E-state index contributed by atoms with van der Waals surface area (Å²) in [6.45, 7) is 5.08. The van der Waals surface area contributed by atoms with E-state index in [2.05, 4.69) is 6.58 Å². The molecule has 0 saturated heterocycles. The van der Waals surface area contributed by atoms with Gasteiger partial charge in [0.2, 0.25) is 0 Å². The lowest BCUT2D eigenvalue weighted by Crippen LogP contribution is -2.30. The molecule has 0 aromatic heterocycles. The van der Waals surface area contributed by atoms with Crippen molar-refractivity contribution in [2.45, 2.75) is 6.92 Å². The Kier molecular flexibility index (Phi) is 3.39. The third-order valence-electron chi connectivity index (χ3n) is 0.857. The molecular formula is C6H10N2O. The molecule has 0 spiro atoms. The highest BCUT2D eigenvalue weighted by Gasteiger charge is 1.96. The van der Waals surface area contributed by atoms with Gasteiger partial charge in [-0.25, -0.2) is 5.84 Å². The number of hydrazine groups is 1. The highest BCUT2D eigenvalue weighted by Crippen LogP contribution is 1.89. The molecule has 0 saturated carbocycles. The summed E-state index contributed by atoms with van der Waals surface area (Å²) in [6.07, 6.45) is 3.12. The first-order chi connectivity index (χ1) is 4.22. The summed E-state index contributed by atoms with van der Waals surface area (Å²) >= 11 is 0. The number of allylic oxidation sites excluding steroid dienone is 2. The number of carbonyl (C=O) groups is 1. The quantitative estimate of drug-likeness (QED) is 0.181. The van der Waals surface area contributed by atoms with Crippen molar-refractivity contribution in [1.29, 1.82) is 0 Å². The first-order valence-corrected chi connectivity index (χ1v) is 2.52. The van der Waals surface area contributed by atoms with Gasteiger partial charge >= 0.3 is 0 Å². The molecule has 3 nitrogen and oxygen atoms in total. The van der Waals surface area contributed by atoms with Crippen LogP contribution in [0.1, 0.15) is 6.92 Å². The van der Waals surface area contributed by atoms with Crippen molar-refractivity contribution in [3.05, 3.63) is 24.3 Å². The molecule has 0 atom stereocenters. The van der Waals surface area contributed by atoms with E-state index in [-0.39, 0.29) is 5.91 Å². The zero-order valence-electron chi connectivity index (χ0n) is 5.35. The van der Waals surface area contributed by atoms with Gasteiger partial charge in [-0.2, -0.15) is 0 Å². The zero-order valence-corrected chi connectivity index (χ0v) is 5.35. The number of rotatable bonds is 2. The van der Waals surface area contributed by atoms with Gasteiger partial charge in [0.15, 0.2) is 0 Å². The Hall–Kier alpha value is -1.09. The van der Waals surface area contributed by atoms with E-state index in [1.165, 1.54) is 6.08 Å². The Labute approximate surface area is 54.2 Å². The van der Waals surface area contributed by atoms with Gasteiger partial charge in [-0.3, -0.25) is 10.2 Å². The number of amides is 1. The summed E-state index contributed by atoms with van der Waals surface area (Å²) in [5, 5.41) is 0. The van der Waals surface area contributed by atoms with E-state index in [0.29, 0.717) is 5.57 Å². The van der Waals surface area contributed by atoms with Gasteiger partial charge in [0, 0.05) is 5.57 Å². The van der Waals surface area contributed by atoms with Crippen LogP contribution >= 0.6 is 0 Å². The van der Waals surface area contributed by atoms with Crippen molar-refractivity contribution in [1.82, 2.24) is 5.43 Å². The van der Waals surface area contributed by atoms with Crippen molar-refractivity contribution < 1.29 is 4.79 Å². The minimum atomic E-state index is -0.282. The van der Waals surface area contributed by atoms with E-state index in [9.17, 15) is 4.79 Å². The Morgan fingerprint density at radius 1 is 1.78 bits per heavy atom. The van der Waals surface area contributed by atoms with Crippen LogP contribution in [-0.2, 0) is 4.79 Å². The standard InChI is InChI=1S/C6H10N2O/c1-3-4-5(2)6(9)8-7/h3-4H,1,7H2,2H3,(H,8,9)/b5-4-. The second-order valence-corrected chi connectivity index (χ2v) is 1.56. The van der Waals surface area contributed by atoms with E-state index in [0.717, 1.165) is 0 Å². The number of carbonyl (C=O) groups excluding carboxylic acids is 1. The third-order valence-corrected chi connectivity index (χ3v) is 0.857. The van der Waals surface area contributed by atoms with Gasteiger partial charge in [-0.05, 0) is 6.92 Å². The summed E-state index contributed by atoms with van der Waals surface area (Å²) in [4.78, 5) is 10.5. The molecule has 0 fully saturated rings. The Morgan fingerprint density at radius 2 is 2.33 bits per heavy atom. The molecule has 0 aliphatic rings. The molecule has 0 radical (unpaired) electrons. The van der Waals surface area contributed by atoms with Crippen molar-refractivity contribution in [2.75, 3.05) is 0 Å². The van der Waals surface area contributed by atoms with Crippen LogP contribution in [0.5, 0.6) is 0 Å². The van der Waals surface area contributed by atoms with E-state index in [1.54, 1.807) is 13.0 Å². The maximum atomic E-state index is 10.5. The van der Waals surface area contributed by atoms with E-state index >= 15 is 0 Å². The molecular weight excluding hydrogens is 116 g/mol. The smallest absolute Gasteiger partial charge is 0.260 e. The van der Waals surface area contributed by atoms with Crippen molar-refractivity contribution >= 4 is 5.91 Å². The van der Waals surface area contributed by atoms with Crippen LogP contribution in [0, 0.1) is 0 Å². The molecule has 1 amide bonds. The van der Waals surface area contributed by atoms with Crippen LogP contribution in [0.2, 0.25) is 0 Å². The molecule has 0 heterocycles. The van der Waals surface area contributed by atoms with Crippen LogP contribution in [0.25, 0.3) is 0 Å². The first-order valence-electron chi connectivity index (χ1n) is 2.52. The predicted octanol–water partition coefficient (Wildman–Crippen LogP) is 0.109. The van der Waals surface area contributed by atoms with Crippen LogP contribution in [0.3, 0.4) is 0 Å². The van der Waals surface area contributed by atoms with E-state index in [4.69, 9.17) is 5.84 Å². The predicted molar refractivity (Wildman–Crippen MR) is 36.3 cm³/mol. The Morgan fingerprint density at radius 3 is 2.67 bits per heavy atom. The number of hydrogen-bond acceptors (Lipinski definition) is 2. The normalized spacial score (nSPS) is 10.7. The number of nitrogens with two attached hydrogens (primary N) is 1. The minimum Gasteiger partial charge on any atom is -0.290 e. The van der Waals surface area contributed by atoms with Gasteiger partial charge in [0.1, 0.15) is 0 Å². The first kappa shape index (κ1) is 7.91. The molecule has 0 aromatic rings. The van der Waals surface area contributed by atoms with E-state index < -0.39 is 0 Å². The summed E-state index contributed by atoms with van der Waals surface area (Å²) < 4.78 is 0. The highest BCUT2D eigenvalue weighted by atomic mass is 16.2. The topological polar surface area (TPSA) is 55.1 Å². The van der Waals surface area contributed by atoms with Crippen LogP contribution in [0.15, 0.2) is 24.3 Å². The average molecular weight is 126 g/mol. The van der Waals surface area contributed by atoms with E-state index in [1.807, 2.05) is 5.43 Å². The molecule has 0 bridgehead atoms. The lowest BCUT2D eigenvalue weighted by molar-refractivity contribution is -0.117. The lowest BCUT2D eigenvalue weighted by atomic mass is 10.3. The molecule has 0 aliphatic heterocycles. The summed E-state index contributed by atoms with van der Waals surface area (Å²) in [5.74, 6) is 4.55. The van der Waals surface area contributed by atoms with Gasteiger partial charge in [-0.1, -0.05) is 18.7 Å². The fraction of sp³-hybridized carbons (Fsp3) is 0.167. The van der Waals surface area contributed by atoms with Gasteiger partial charge < -0.3 is 0 Å². The molecule has 0 aromatic carbocycles. The summed E-state index contributed by atoms with van der Waals surface area (Å²) in [5.41, 5.74) is 2.54. The Bertz CT molecular complexity index is 149. The molecule has 0 rings (SSSR count). The second kappa shape index (κ2) is 3.86. The summed E-state index contributed by atoms with van der Waals surface area (Å²) in [6, 6.07) is 0. The molecule has 0 aliphatic carbocycles. The lowest BCUT2D eigenvalue weighted by Gasteiger charge is -1.94. The molecule has 3 N–H and O–H groups in total. The van der Waals surface area contributed by atoms with Crippen molar-refractivity contribution in [3.63, 3.8) is 0 Å². The van der Waals surface area contributed by atoms with Gasteiger partial charge in [0.25, 0.3) is 5.91 Å². The van der Waals surface area contributed by atoms with Crippen LogP contribution in [0.4, 0.5) is 0 Å². The number of hydrogen-bond donors (Lipinski definition) is 2. The maximum Gasteiger partial charge on any atom is 0.260 e. The zero-order chi connectivity index (χ0) is 7.28. The van der Waals surface area contributed by atoms with Crippen LogP contribution < -0.4 is 11.3 Å². The summed E-state index contributed by atoms with van der Waals surface area (Å²) in [7, 11) is 0. The highest BCUT2D eigenvalue weighted by molar-refractivity contribution is 5.92. The van der Waals surface area contributed by atoms with Crippen LogP contribution in [-0.4, -0.2) is 5.91 Å². The molecule has 50 valence electrons. The fourth-order valence-corrected chi connectivity index (χ4v) is 0.366. The monoisotopic (exact) mass is 126 g/mol. The van der Waals surface area contributed by atoms with Crippen molar-refractivity contribution in [2.24, 2.45) is 5.84 Å². The Balaban J connectivity index is 4.01. The maximum absolute atomic E-state index is 10.5. The largest absolute Gasteiger partial charge is 0.290 e. The van der Waals surface area contributed by atoms with Gasteiger partial charge in [0.05, 0.1) is 0 Å². The fourth-order valence-electron chi connectivity index (χ4n) is 0.366. The average Bonchev–Trinajstić information content (AvgIpc) is 1.87. The molecule has 0 unspecified atom stereocenters. The van der Waals surface area contributed by atoms with Gasteiger partial charge in [-0.15, -0.1) is 0 Å². The second-order valence-electron chi connectivity index (χ2n) is 1.56. The van der Waals surface area contributed by atoms with Crippen molar-refractivity contribution in [3.8, 4) is 0 Å². The third kappa shape index (κ3) is 2.66. The molecule has 9 heavy (non-hydrogen) atoms.